The maximum Gasteiger partial charge on any atom is 0.0256 e. The first-order chi connectivity index (χ1) is 7.36. The summed E-state index contributed by atoms with van der Waals surface area (Å²) in [7, 11) is 0. The standard InChI is InChI=1S/C14H25N/c15-14(13-9-5-6-10-13)11-12-7-3-1-2-4-8-12/h9,12,14H,1-8,10-11,15H2. The molecule has 2 aliphatic rings. The Hall–Kier alpha value is -0.300. The summed E-state index contributed by atoms with van der Waals surface area (Å²) in [6.45, 7) is 0. The Morgan fingerprint density at radius 3 is 2.47 bits per heavy atom. The van der Waals surface area contributed by atoms with Gasteiger partial charge in [-0.3, -0.25) is 0 Å². The van der Waals surface area contributed by atoms with Crippen LogP contribution < -0.4 is 5.73 Å². The van der Waals surface area contributed by atoms with Crippen LogP contribution in [0.15, 0.2) is 11.6 Å². The summed E-state index contributed by atoms with van der Waals surface area (Å²) in [6, 6.07) is 0.385. The average molecular weight is 207 g/mol. The highest BCUT2D eigenvalue weighted by atomic mass is 14.6. The van der Waals surface area contributed by atoms with Crippen molar-refractivity contribution in [2.24, 2.45) is 11.7 Å². The number of hydrogen-bond donors (Lipinski definition) is 1. The van der Waals surface area contributed by atoms with Gasteiger partial charge in [0, 0.05) is 6.04 Å². The lowest BCUT2D eigenvalue weighted by molar-refractivity contribution is 0.403. The van der Waals surface area contributed by atoms with E-state index in [0.717, 1.165) is 5.92 Å². The molecule has 2 aliphatic carbocycles. The summed E-state index contributed by atoms with van der Waals surface area (Å²) in [5.41, 5.74) is 7.85. The van der Waals surface area contributed by atoms with Crippen molar-refractivity contribution in [3.63, 3.8) is 0 Å². The quantitative estimate of drug-likeness (QED) is 0.553. The maximum atomic E-state index is 6.29. The van der Waals surface area contributed by atoms with E-state index in [2.05, 4.69) is 6.08 Å². The van der Waals surface area contributed by atoms with Gasteiger partial charge in [0.25, 0.3) is 0 Å². The molecule has 0 aliphatic heterocycles. The van der Waals surface area contributed by atoms with Gasteiger partial charge in [0.05, 0.1) is 0 Å². The fourth-order valence-electron chi connectivity index (χ4n) is 3.14. The number of nitrogens with two attached hydrogens (primary N) is 1. The predicted octanol–water partition coefficient (Wildman–Crippen LogP) is 3.78. The third-order valence-corrected chi connectivity index (χ3v) is 4.11. The van der Waals surface area contributed by atoms with Gasteiger partial charge < -0.3 is 5.73 Å². The molecule has 1 unspecified atom stereocenters. The van der Waals surface area contributed by atoms with E-state index in [-0.39, 0.29) is 0 Å². The molecule has 0 bridgehead atoms. The second-order valence-electron chi connectivity index (χ2n) is 5.37. The van der Waals surface area contributed by atoms with Crippen LogP contribution in [0.1, 0.15) is 64.2 Å². The molecule has 0 radical (unpaired) electrons. The molecule has 0 aromatic carbocycles. The minimum Gasteiger partial charge on any atom is -0.324 e. The molecule has 1 saturated carbocycles. The van der Waals surface area contributed by atoms with Crippen LogP contribution in [0.4, 0.5) is 0 Å². The van der Waals surface area contributed by atoms with Crippen LogP contribution >= 0.6 is 0 Å². The minimum atomic E-state index is 0.385. The number of hydrogen-bond acceptors (Lipinski definition) is 1. The lowest BCUT2D eigenvalue weighted by Gasteiger charge is -2.20. The normalized spacial score (nSPS) is 26.1. The molecule has 0 amide bonds. The molecule has 1 nitrogen and oxygen atoms in total. The predicted molar refractivity (Wildman–Crippen MR) is 65.7 cm³/mol. The number of rotatable bonds is 3. The zero-order valence-electron chi connectivity index (χ0n) is 9.88. The maximum absolute atomic E-state index is 6.29. The highest BCUT2D eigenvalue weighted by Crippen LogP contribution is 2.29. The molecule has 0 spiro atoms. The highest BCUT2D eigenvalue weighted by Gasteiger charge is 2.19. The summed E-state index contributed by atoms with van der Waals surface area (Å²) in [5, 5.41) is 0. The van der Waals surface area contributed by atoms with Crippen molar-refractivity contribution < 1.29 is 0 Å². The zero-order chi connectivity index (χ0) is 10.5. The third-order valence-electron chi connectivity index (χ3n) is 4.11. The lowest BCUT2D eigenvalue weighted by atomic mass is 9.90. The van der Waals surface area contributed by atoms with Gasteiger partial charge in [-0.05, 0) is 31.6 Å². The first kappa shape index (κ1) is 11.2. The summed E-state index contributed by atoms with van der Waals surface area (Å²) < 4.78 is 0. The molecule has 1 heteroatoms. The van der Waals surface area contributed by atoms with Crippen LogP contribution in [-0.4, -0.2) is 6.04 Å². The van der Waals surface area contributed by atoms with Crippen LogP contribution in [0.3, 0.4) is 0 Å². The van der Waals surface area contributed by atoms with Crippen LogP contribution in [0.25, 0.3) is 0 Å². The minimum absolute atomic E-state index is 0.385. The van der Waals surface area contributed by atoms with Crippen LogP contribution in [0.5, 0.6) is 0 Å². The van der Waals surface area contributed by atoms with Crippen molar-refractivity contribution in [1.29, 1.82) is 0 Å². The Bertz CT molecular complexity index is 211. The van der Waals surface area contributed by atoms with Crippen LogP contribution in [0, 0.1) is 5.92 Å². The molecule has 1 atom stereocenters. The van der Waals surface area contributed by atoms with E-state index in [9.17, 15) is 0 Å². The molecular weight excluding hydrogens is 182 g/mol. The van der Waals surface area contributed by atoms with Gasteiger partial charge in [0.2, 0.25) is 0 Å². The van der Waals surface area contributed by atoms with E-state index >= 15 is 0 Å². The Kier molecular flexibility index (Phi) is 4.25. The van der Waals surface area contributed by atoms with Crippen molar-refractivity contribution in [2.75, 3.05) is 0 Å². The van der Waals surface area contributed by atoms with Crippen molar-refractivity contribution in [2.45, 2.75) is 70.3 Å². The Morgan fingerprint density at radius 2 is 1.87 bits per heavy atom. The summed E-state index contributed by atoms with van der Waals surface area (Å²) >= 11 is 0. The van der Waals surface area contributed by atoms with E-state index in [1.807, 2.05) is 0 Å². The molecule has 1 fully saturated rings. The van der Waals surface area contributed by atoms with E-state index in [4.69, 9.17) is 5.73 Å². The van der Waals surface area contributed by atoms with Gasteiger partial charge in [0.1, 0.15) is 0 Å². The highest BCUT2D eigenvalue weighted by molar-refractivity contribution is 5.14. The van der Waals surface area contributed by atoms with Gasteiger partial charge in [0.15, 0.2) is 0 Å². The van der Waals surface area contributed by atoms with Gasteiger partial charge in [-0.2, -0.15) is 0 Å². The molecule has 0 aromatic heterocycles. The van der Waals surface area contributed by atoms with Crippen molar-refractivity contribution in [3.05, 3.63) is 11.6 Å². The molecule has 0 saturated heterocycles. The van der Waals surface area contributed by atoms with Gasteiger partial charge in [-0.25, -0.2) is 0 Å². The first-order valence-corrected chi connectivity index (χ1v) is 6.81. The smallest absolute Gasteiger partial charge is 0.0256 e. The van der Waals surface area contributed by atoms with E-state index in [0.29, 0.717) is 6.04 Å². The molecule has 15 heavy (non-hydrogen) atoms. The molecule has 2 rings (SSSR count). The second-order valence-corrected chi connectivity index (χ2v) is 5.37. The second kappa shape index (κ2) is 5.69. The summed E-state index contributed by atoms with van der Waals surface area (Å²) in [6.07, 6.45) is 16.2. The summed E-state index contributed by atoms with van der Waals surface area (Å²) in [5.74, 6) is 0.920. The van der Waals surface area contributed by atoms with Crippen LogP contribution in [-0.2, 0) is 0 Å². The largest absolute Gasteiger partial charge is 0.324 e. The Morgan fingerprint density at radius 1 is 1.13 bits per heavy atom. The third kappa shape index (κ3) is 3.34. The lowest BCUT2D eigenvalue weighted by Crippen LogP contribution is -2.25. The fraction of sp³-hybridized carbons (Fsp3) is 0.857. The Balaban J connectivity index is 1.78. The molecule has 0 heterocycles. The van der Waals surface area contributed by atoms with Gasteiger partial charge in [-0.15, -0.1) is 0 Å². The van der Waals surface area contributed by atoms with Crippen molar-refractivity contribution in [3.8, 4) is 0 Å². The van der Waals surface area contributed by atoms with E-state index in [1.165, 1.54) is 64.2 Å². The van der Waals surface area contributed by atoms with E-state index in [1.54, 1.807) is 5.57 Å². The number of allylic oxidation sites excluding steroid dienone is 1. The van der Waals surface area contributed by atoms with E-state index < -0.39 is 0 Å². The van der Waals surface area contributed by atoms with Gasteiger partial charge in [-0.1, -0.05) is 50.2 Å². The van der Waals surface area contributed by atoms with Gasteiger partial charge >= 0.3 is 0 Å². The monoisotopic (exact) mass is 207 g/mol. The van der Waals surface area contributed by atoms with Crippen molar-refractivity contribution in [1.82, 2.24) is 0 Å². The SMILES string of the molecule is NC(CC1CCCCCC1)C1=CCCC1. The van der Waals surface area contributed by atoms with Crippen LogP contribution in [0.2, 0.25) is 0 Å². The average Bonchev–Trinajstić information content (AvgIpc) is 2.65. The summed E-state index contributed by atoms with van der Waals surface area (Å²) in [4.78, 5) is 0. The molecule has 86 valence electrons. The molecule has 2 N–H and O–H groups in total. The molecular formula is C14H25N. The topological polar surface area (TPSA) is 26.0 Å². The molecule has 0 aromatic rings. The zero-order valence-corrected chi connectivity index (χ0v) is 9.88. The fourth-order valence-corrected chi connectivity index (χ4v) is 3.14. The Labute approximate surface area is 94.1 Å². The van der Waals surface area contributed by atoms with Crippen molar-refractivity contribution >= 4 is 0 Å². The first-order valence-electron chi connectivity index (χ1n) is 6.81.